The molecule has 0 spiro atoms. The third-order valence-electron chi connectivity index (χ3n) is 3.63. The molecular weight excluding hydrogens is 270 g/mol. The third-order valence-corrected chi connectivity index (χ3v) is 4.39. The van der Waals surface area contributed by atoms with Crippen LogP contribution in [0.5, 0.6) is 0 Å². The monoisotopic (exact) mass is 289 g/mol. The van der Waals surface area contributed by atoms with Crippen molar-refractivity contribution in [1.82, 2.24) is 19.9 Å². The lowest BCUT2D eigenvalue weighted by molar-refractivity contribution is 0.243. The molecule has 0 N–H and O–H groups in total. The van der Waals surface area contributed by atoms with Crippen molar-refractivity contribution in [2.24, 2.45) is 0 Å². The normalized spacial score (nSPS) is 19.4. The maximum Gasteiger partial charge on any atom is 0.146 e. The predicted octanol–water partition coefficient (Wildman–Crippen LogP) is 2.34. The van der Waals surface area contributed by atoms with Gasteiger partial charge >= 0.3 is 0 Å². The summed E-state index contributed by atoms with van der Waals surface area (Å²) in [4.78, 5) is 17.9. The van der Waals surface area contributed by atoms with E-state index >= 15 is 0 Å². The molecule has 2 aromatic rings. The van der Waals surface area contributed by atoms with Crippen LogP contribution in [0.4, 0.5) is 5.82 Å². The maximum atomic E-state index is 4.74. The van der Waals surface area contributed by atoms with Crippen LogP contribution >= 0.6 is 11.3 Å². The first-order valence-electron chi connectivity index (χ1n) is 6.86. The van der Waals surface area contributed by atoms with Gasteiger partial charge in [-0.25, -0.2) is 9.97 Å². The van der Waals surface area contributed by atoms with E-state index in [1.54, 1.807) is 11.3 Å². The SMILES string of the molecule is CN(C)c1cncc(C2CCCN2Cc2nccs2)n1. The minimum Gasteiger partial charge on any atom is -0.361 e. The van der Waals surface area contributed by atoms with Crippen LogP contribution in [0.2, 0.25) is 0 Å². The maximum absolute atomic E-state index is 4.74. The second kappa shape index (κ2) is 5.85. The number of anilines is 1. The Labute approximate surface area is 123 Å². The van der Waals surface area contributed by atoms with Crippen LogP contribution in [-0.4, -0.2) is 40.5 Å². The minimum absolute atomic E-state index is 0.367. The quantitative estimate of drug-likeness (QED) is 0.864. The van der Waals surface area contributed by atoms with Crippen molar-refractivity contribution in [2.75, 3.05) is 25.5 Å². The highest BCUT2D eigenvalue weighted by atomic mass is 32.1. The summed E-state index contributed by atoms with van der Waals surface area (Å²) in [6.45, 7) is 2.02. The van der Waals surface area contributed by atoms with Gasteiger partial charge in [0, 0.05) is 25.7 Å². The van der Waals surface area contributed by atoms with Crippen LogP contribution < -0.4 is 4.90 Å². The van der Waals surface area contributed by atoms with Gasteiger partial charge in [0.1, 0.15) is 10.8 Å². The number of hydrogen-bond donors (Lipinski definition) is 0. The lowest BCUT2D eigenvalue weighted by atomic mass is 10.1. The van der Waals surface area contributed by atoms with Crippen molar-refractivity contribution >= 4 is 17.2 Å². The Morgan fingerprint density at radius 3 is 3.05 bits per heavy atom. The van der Waals surface area contributed by atoms with E-state index in [0.717, 1.165) is 31.0 Å². The Morgan fingerprint density at radius 1 is 1.40 bits per heavy atom. The molecule has 3 heterocycles. The zero-order valence-corrected chi connectivity index (χ0v) is 12.7. The largest absolute Gasteiger partial charge is 0.361 e. The Hall–Kier alpha value is -1.53. The molecule has 1 atom stereocenters. The fourth-order valence-electron chi connectivity index (χ4n) is 2.60. The lowest BCUT2D eigenvalue weighted by Crippen LogP contribution is -2.24. The van der Waals surface area contributed by atoms with Gasteiger partial charge in [0.25, 0.3) is 0 Å². The molecule has 5 nitrogen and oxygen atoms in total. The zero-order valence-electron chi connectivity index (χ0n) is 11.9. The van der Waals surface area contributed by atoms with Crippen LogP contribution in [0.25, 0.3) is 0 Å². The molecular formula is C14H19N5S. The van der Waals surface area contributed by atoms with Crippen LogP contribution in [-0.2, 0) is 6.54 Å². The van der Waals surface area contributed by atoms with Gasteiger partial charge in [0.05, 0.1) is 30.7 Å². The molecule has 2 aromatic heterocycles. The molecule has 6 heteroatoms. The van der Waals surface area contributed by atoms with E-state index in [1.165, 1.54) is 11.4 Å². The molecule has 0 saturated carbocycles. The fourth-order valence-corrected chi connectivity index (χ4v) is 3.24. The van der Waals surface area contributed by atoms with E-state index < -0.39 is 0 Å². The van der Waals surface area contributed by atoms with Crippen LogP contribution in [0, 0.1) is 0 Å². The van der Waals surface area contributed by atoms with E-state index in [4.69, 9.17) is 4.98 Å². The van der Waals surface area contributed by atoms with E-state index in [-0.39, 0.29) is 0 Å². The van der Waals surface area contributed by atoms with Gasteiger partial charge in [-0.1, -0.05) is 0 Å². The molecule has 0 bridgehead atoms. The first kappa shape index (κ1) is 13.5. The number of nitrogens with zero attached hydrogens (tertiary/aromatic N) is 5. The van der Waals surface area contributed by atoms with Crippen molar-refractivity contribution in [1.29, 1.82) is 0 Å². The Bertz CT molecular complexity index is 554. The highest BCUT2D eigenvalue weighted by molar-refractivity contribution is 7.09. The van der Waals surface area contributed by atoms with Gasteiger partial charge in [-0.3, -0.25) is 9.88 Å². The summed E-state index contributed by atoms with van der Waals surface area (Å²) in [6.07, 6.45) is 7.94. The molecule has 0 aromatic carbocycles. The van der Waals surface area contributed by atoms with E-state index in [1.807, 2.05) is 43.0 Å². The van der Waals surface area contributed by atoms with Crippen molar-refractivity contribution in [3.8, 4) is 0 Å². The average Bonchev–Trinajstić information content (AvgIpc) is 3.11. The number of thiazole rings is 1. The molecule has 1 aliphatic rings. The summed E-state index contributed by atoms with van der Waals surface area (Å²) >= 11 is 1.72. The Morgan fingerprint density at radius 2 is 2.30 bits per heavy atom. The van der Waals surface area contributed by atoms with Crippen molar-refractivity contribution in [3.05, 3.63) is 34.7 Å². The molecule has 1 saturated heterocycles. The number of hydrogen-bond acceptors (Lipinski definition) is 6. The van der Waals surface area contributed by atoms with Crippen molar-refractivity contribution < 1.29 is 0 Å². The van der Waals surface area contributed by atoms with E-state index in [9.17, 15) is 0 Å². The summed E-state index contributed by atoms with van der Waals surface area (Å²) < 4.78 is 0. The smallest absolute Gasteiger partial charge is 0.146 e. The zero-order chi connectivity index (χ0) is 13.9. The first-order chi connectivity index (χ1) is 9.74. The average molecular weight is 289 g/mol. The highest BCUT2D eigenvalue weighted by Gasteiger charge is 2.28. The van der Waals surface area contributed by atoms with Gasteiger partial charge in [0.2, 0.25) is 0 Å². The second-order valence-corrected chi connectivity index (χ2v) is 6.23. The molecule has 3 rings (SSSR count). The van der Waals surface area contributed by atoms with E-state index in [2.05, 4.69) is 14.9 Å². The van der Waals surface area contributed by atoms with Crippen LogP contribution in [0.15, 0.2) is 24.0 Å². The summed E-state index contributed by atoms with van der Waals surface area (Å²) in [6, 6.07) is 0.367. The molecule has 1 aliphatic heterocycles. The standard InChI is InChI=1S/C14H19N5S/c1-18(2)13-9-15-8-11(17-13)12-4-3-6-19(12)10-14-16-5-7-20-14/h5,7-9,12H,3-4,6,10H2,1-2H3. The van der Waals surface area contributed by atoms with Gasteiger partial charge in [0.15, 0.2) is 0 Å². The summed E-state index contributed by atoms with van der Waals surface area (Å²) in [5.41, 5.74) is 1.07. The Balaban J connectivity index is 1.79. The minimum atomic E-state index is 0.367. The second-order valence-electron chi connectivity index (χ2n) is 5.25. The molecule has 20 heavy (non-hydrogen) atoms. The van der Waals surface area contributed by atoms with E-state index in [0.29, 0.717) is 6.04 Å². The molecule has 1 fully saturated rings. The number of likely N-dealkylation sites (tertiary alicyclic amines) is 1. The topological polar surface area (TPSA) is 45.2 Å². The van der Waals surface area contributed by atoms with Gasteiger partial charge in [-0.15, -0.1) is 11.3 Å². The highest BCUT2D eigenvalue weighted by Crippen LogP contribution is 2.32. The van der Waals surface area contributed by atoms with Crippen molar-refractivity contribution in [2.45, 2.75) is 25.4 Å². The predicted molar refractivity (Wildman–Crippen MR) is 80.9 cm³/mol. The molecule has 0 aliphatic carbocycles. The van der Waals surface area contributed by atoms with Crippen LogP contribution in [0.1, 0.15) is 29.6 Å². The molecule has 0 amide bonds. The number of rotatable bonds is 4. The summed E-state index contributed by atoms with van der Waals surface area (Å²) in [7, 11) is 3.99. The first-order valence-corrected chi connectivity index (χ1v) is 7.73. The Kier molecular flexibility index (Phi) is 3.93. The van der Waals surface area contributed by atoms with Gasteiger partial charge in [-0.05, 0) is 19.4 Å². The molecule has 106 valence electrons. The van der Waals surface area contributed by atoms with Crippen LogP contribution in [0.3, 0.4) is 0 Å². The van der Waals surface area contributed by atoms with Crippen molar-refractivity contribution in [3.63, 3.8) is 0 Å². The number of aromatic nitrogens is 3. The van der Waals surface area contributed by atoms with Gasteiger partial charge in [-0.2, -0.15) is 0 Å². The third kappa shape index (κ3) is 2.81. The fraction of sp³-hybridized carbons (Fsp3) is 0.500. The molecule has 1 unspecified atom stereocenters. The lowest BCUT2D eigenvalue weighted by Gasteiger charge is -2.23. The summed E-state index contributed by atoms with van der Waals surface area (Å²) in [5.74, 6) is 0.920. The summed E-state index contributed by atoms with van der Waals surface area (Å²) in [5, 5.41) is 3.21. The van der Waals surface area contributed by atoms with Gasteiger partial charge < -0.3 is 4.90 Å². The molecule has 0 radical (unpaired) electrons.